The fraction of sp³-hybridized carbons (Fsp3) is 0.542. The molecule has 2 unspecified atom stereocenters. The number of hydrogen-bond donors (Lipinski definition) is 0. The second-order valence-corrected chi connectivity index (χ2v) is 26.7. The molecule has 2 heterocycles. The van der Waals surface area contributed by atoms with Crippen LogP contribution in [-0.4, -0.2) is 19.2 Å². The molecule has 5 rings (SSSR count). The van der Waals surface area contributed by atoms with E-state index in [1.807, 2.05) is 11.8 Å². The van der Waals surface area contributed by atoms with Crippen LogP contribution in [0.4, 0.5) is 4.39 Å². The monoisotopic (exact) mass is 898 g/mol. The van der Waals surface area contributed by atoms with Crippen molar-refractivity contribution >= 4 is 62.6 Å². The van der Waals surface area contributed by atoms with Crippen molar-refractivity contribution in [2.45, 2.75) is 156 Å². The van der Waals surface area contributed by atoms with E-state index in [9.17, 15) is 4.39 Å². The SMILES string of the molecule is Cc1cc(C)c(C2(c3c(C)cc(C)cc3C)C(Br)=C(Oc3cc(F)cs3)C(SC(C)(C)C)=C(OC3(C(C)(C)C)CC=CS3)C2(SC(C)(C)C)C(C)(C)C)c(C)c1. The summed E-state index contributed by atoms with van der Waals surface area (Å²) in [5.74, 6) is 1.29. The Morgan fingerprint density at radius 3 is 1.57 bits per heavy atom. The number of hydrogen-bond acceptors (Lipinski definition) is 6. The van der Waals surface area contributed by atoms with Crippen LogP contribution in [0.15, 0.2) is 68.1 Å². The Labute approximate surface area is 363 Å². The zero-order valence-electron chi connectivity index (χ0n) is 37.0. The molecule has 0 fully saturated rings. The quantitative estimate of drug-likeness (QED) is 0.224. The first kappa shape index (κ1) is 45.5. The van der Waals surface area contributed by atoms with Crippen molar-refractivity contribution in [3.63, 3.8) is 0 Å². The molecule has 1 aliphatic carbocycles. The smallest absolute Gasteiger partial charge is 0.184 e. The first-order valence-electron chi connectivity index (χ1n) is 19.7. The third-order valence-corrected chi connectivity index (χ3v) is 17.2. The molecule has 0 bridgehead atoms. The van der Waals surface area contributed by atoms with E-state index in [0.29, 0.717) is 10.8 Å². The van der Waals surface area contributed by atoms with Crippen LogP contribution in [0, 0.1) is 58.2 Å². The standard InChI is InChI=1S/C48H64BrFO2S4/c1-28-22-30(3)36(31(4)23-28)47(37-32(5)24-29(2)25-33(37)6)40(49)38(51-35-26-34(50)27-53-35)39(55-44(13,14)15)41(48(47,43(10,11)12)56-45(16,17)18)52-46(42(7,8)9)20-19-21-54-46/h19,21-27H,20H2,1-18H3. The van der Waals surface area contributed by atoms with E-state index in [2.05, 4.69) is 176 Å². The molecule has 2 nitrogen and oxygen atoms in total. The molecule has 1 aliphatic heterocycles. The van der Waals surface area contributed by atoms with Crippen LogP contribution in [-0.2, 0) is 10.2 Å². The number of benzene rings is 2. The molecule has 56 heavy (non-hydrogen) atoms. The molecular formula is C48H64BrFO2S4. The molecule has 306 valence electrons. The molecule has 3 aromatic rings. The van der Waals surface area contributed by atoms with Crippen LogP contribution in [0.2, 0.25) is 0 Å². The molecule has 2 atom stereocenters. The van der Waals surface area contributed by atoms with Gasteiger partial charge in [0.2, 0.25) is 0 Å². The van der Waals surface area contributed by atoms with Crippen molar-refractivity contribution in [3.8, 4) is 5.06 Å². The van der Waals surface area contributed by atoms with Gasteiger partial charge in [-0.1, -0.05) is 152 Å². The molecule has 0 radical (unpaired) electrons. The van der Waals surface area contributed by atoms with Gasteiger partial charge in [0.1, 0.15) is 11.6 Å². The second kappa shape index (κ2) is 15.5. The first-order valence-corrected chi connectivity index (χ1v) is 23.8. The van der Waals surface area contributed by atoms with Crippen LogP contribution in [0.25, 0.3) is 0 Å². The Bertz CT molecular complexity index is 1980. The van der Waals surface area contributed by atoms with E-state index in [1.54, 1.807) is 23.5 Å². The molecule has 8 heteroatoms. The maximum absolute atomic E-state index is 15.0. The van der Waals surface area contributed by atoms with Crippen LogP contribution in [0.1, 0.15) is 134 Å². The first-order chi connectivity index (χ1) is 25.5. The Morgan fingerprint density at radius 1 is 0.714 bits per heavy atom. The van der Waals surface area contributed by atoms with Gasteiger partial charge in [0.15, 0.2) is 15.8 Å². The van der Waals surface area contributed by atoms with Crippen molar-refractivity contribution in [1.29, 1.82) is 0 Å². The van der Waals surface area contributed by atoms with Gasteiger partial charge in [-0.3, -0.25) is 0 Å². The van der Waals surface area contributed by atoms with E-state index < -0.39 is 20.5 Å². The topological polar surface area (TPSA) is 18.5 Å². The van der Waals surface area contributed by atoms with Crippen LogP contribution >= 0.6 is 62.6 Å². The van der Waals surface area contributed by atoms with Crippen molar-refractivity contribution in [2.75, 3.05) is 0 Å². The van der Waals surface area contributed by atoms with E-state index in [1.165, 1.54) is 67.3 Å². The number of ether oxygens (including phenoxy) is 2. The average Bonchev–Trinajstić information content (AvgIpc) is 3.65. The van der Waals surface area contributed by atoms with Crippen LogP contribution in [0.5, 0.6) is 5.06 Å². The van der Waals surface area contributed by atoms with E-state index >= 15 is 0 Å². The maximum atomic E-state index is 15.0. The second-order valence-electron chi connectivity index (χ2n) is 19.9. The third kappa shape index (κ3) is 8.02. The number of thioether (sulfide) groups is 3. The molecule has 2 aromatic carbocycles. The average molecular weight is 900 g/mol. The number of aryl methyl sites for hydroxylation is 6. The van der Waals surface area contributed by atoms with E-state index in [0.717, 1.165) is 21.6 Å². The Hall–Kier alpha value is -1.58. The summed E-state index contributed by atoms with van der Waals surface area (Å²) in [5, 5.41) is 4.23. The third-order valence-electron chi connectivity index (χ3n) is 10.7. The van der Waals surface area contributed by atoms with Gasteiger partial charge in [-0.05, 0) is 85.7 Å². The highest BCUT2D eigenvalue weighted by Crippen LogP contribution is 2.74. The van der Waals surface area contributed by atoms with Gasteiger partial charge in [0.25, 0.3) is 0 Å². The molecule has 1 aromatic heterocycles. The lowest BCUT2D eigenvalue weighted by molar-refractivity contribution is -0.0255. The number of allylic oxidation sites excluding steroid dienone is 1. The molecule has 0 saturated carbocycles. The molecule has 2 aliphatic rings. The van der Waals surface area contributed by atoms with E-state index in [-0.39, 0.29) is 20.7 Å². The van der Waals surface area contributed by atoms with Gasteiger partial charge in [-0.15, -0.1) is 34.9 Å². The molecular weight excluding hydrogens is 836 g/mol. The van der Waals surface area contributed by atoms with Crippen molar-refractivity contribution in [3.05, 3.63) is 118 Å². The highest BCUT2D eigenvalue weighted by Gasteiger charge is 2.71. The van der Waals surface area contributed by atoms with Gasteiger partial charge in [0.05, 0.1) is 19.5 Å². The van der Waals surface area contributed by atoms with Gasteiger partial charge in [-0.25, -0.2) is 4.39 Å². The summed E-state index contributed by atoms with van der Waals surface area (Å²) in [5.41, 5.74) is 8.11. The Morgan fingerprint density at radius 2 is 1.21 bits per heavy atom. The van der Waals surface area contributed by atoms with Crippen LogP contribution < -0.4 is 4.74 Å². The normalized spacial score (nSPS) is 22.0. The zero-order chi connectivity index (χ0) is 42.2. The summed E-state index contributed by atoms with van der Waals surface area (Å²) in [6.07, 6.45) is 3.02. The minimum Gasteiger partial charge on any atom is -0.477 e. The predicted octanol–water partition coefficient (Wildman–Crippen LogP) is 16.2. The summed E-state index contributed by atoms with van der Waals surface area (Å²) in [7, 11) is 0. The summed E-state index contributed by atoms with van der Waals surface area (Å²) < 4.78 is 30.0. The van der Waals surface area contributed by atoms with Gasteiger partial charge in [0, 0.05) is 32.8 Å². The number of rotatable bonds is 8. The predicted molar refractivity (Wildman–Crippen MR) is 251 cm³/mol. The highest BCUT2D eigenvalue weighted by atomic mass is 79.9. The fourth-order valence-corrected chi connectivity index (χ4v) is 15.1. The van der Waals surface area contributed by atoms with E-state index in [4.69, 9.17) is 9.47 Å². The maximum Gasteiger partial charge on any atom is 0.184 e. The molecule has 0 N–H and O–H groups in total. The summed E-state index contributed by atoms with van der Waals surface area (Å²) in [4.78, 5) is 0.326. The molecule has 0 amide bonds. The lowest BCUT2D eigenvalue weighted by Crippen LogP contribution is -2.64. The van der Waals surface area contributed by atoms with Gasteiger partial charge >= 0.3 is 0 Å². The minimum absolute atomic E-state index is 0.246. The highest BCUT2D eigenvalue weighted by molar-refractivity contribution is 9.11. The minimum atomic E-state index is -0.912. The Balaban J connectivity index is 2.24. The van der Waals surface area contributed by atoms with Gasteiger partial charge < -0.3 is 9.47 Å². The number of halogens is 2. The van der Waals surface area contributed by atoms with Crippen molar-refractivity contribution in [1.82, 2.24) is 0 Å². The van der Waals surface area contributed by atoms with Crippen LogP contribution in [0.3, 0.4) is 0 Å². The number of thiophene rings is 1. The van der Waals surface area contributed by atoms with Gasteiger partial charge in [-0.2, -0.15) is 0 Å². The summed E-state index contributed by atoms with van der Waals surface area (Å²) >= 11 is 11.4. The summed E-state index contributed by atoms with van der Waals surface area (Å²) in [6, 6.07) is 10.9. The lowest BCUT2D eigenvalue weighted by Gasteiger charge is -2.63. The van der Waals surface area contributed by atoms with Crippen molar-refractivity contribution in [2.24, 2.45) is 10.8 Å². The molecule has 0 spiro atoms. The fourth-order valence-electron chi connectivity index (χ4n) is 9.07. The largest absolute Gasteiger partial charge is 0.477 e. The van der Waals surface area contributed by atoms with Crippen molar-refractivity contribution < 1.29 is 13.9 Å². The lowest BCUT2D eigenvalue weighted by atomic mass is 9.52. The molecule has 0 saturated heterocycles. The Kier molecular flexibility index (Phi) is 12.6. The summed E-state index contributed by atoms with van der Waals surface area (Å²) in [6.45, 7) is 41.4. The zero-order valence-corrected chi connectivity index (χ0v) is 41.9.